The van der Waals surface area contributed by atoms with Crippen molar-refractivity contribution in [1.82, 2.24) is 9.97 Å². The number of aromatic nitrogens is 2. The van der Waals surface area contributed by atoms with Crippen LogP contribution in [0.5, 0.6) is 0 Å². The number of alkyl halides is 6. The fourth-order valence-corrected chi connectivity index (χ4v) is 2.94. The summed E-state index contributed by atoms with van der Waals surface area (Å²) < 4.78 is 82.6. The second kappa shape index (κ2) is 8.38. The molecule has 2 aromatic heterocycles. The molecule has 0 aliphatic heterocycles. The minimum absolute atomic E-state index is 0.0816. The third-order valence-corrected chi connectivity index (χ3v) is 4.42. The number of rotatable bonds is 5. The maximum atomic E-state index is 13.1. The van der Waals surface area contributed by atoms with Gasteiger partial charge in [0.05, 0.1) is 17.6 Å². The summed E-state index contributed by atoms with van der Waals surface area (Å²) in [6.45, 7) is 0. The minimum atomic E-state index is -4.75. The predicted molar refractivity (Wildman–Crippen MR) is 95.5 cm³/mol. The van der Waals surface area contributed by atoms with E-state index in [-0.39, 0.29) is 22.3 Å². The van der Waals surface area contributed by atoms with Crippen molar-refractivity contribution in [2.75, 3.05) is 11.1 Å². The highest BCUT2D eigenvalue weighted by molar-refractivity contribution is 7.99. The van der Waals surface area contributed by atoms with E-state index in [1.54, 1.807) is 0 Å². The topological polar surface area (TPSA) is 68.0 Å². The van der Waals surface area contributed by atoms with Gasteiger partial charge in [-0.05, 0) is 36.4 Å². The van der Waals surface area contributed by atoms with Crippen LogP contribution in [0.2, 0.25) is 0 Å². The van der Waals surface area contributed by atoms with Crippen LogP contribution in [0, 0.1) is 0 Å². The van der Waals surface area contributed by atoms with Crippen molar-refractivity contribution < 1.29 is 35.6 Å². The lowest BCUT2D eigenvalue weighted by atomic mass is 10.2. The Morgan fingerprint density at radius 2 is 1.77 bits per heavy atom. The molecule has 0 saturated carbocycles. The number of hydrogen-bond donors (Lipinski definition) is 1. The normalized spacial score (nSPS) is 12.1. The molecule has 0 saturated heterocycles. The third kappa shape index (κ3) is 5.53. The van der Waals surface area contributed by atoms with E-state index < -0.39 is 35.3 Å². The maximum Gasteiger partial charge on any atom is 0.433 e. The highest BCUT2D eigenvalue weighted by atomic mass is 32.2. The Hall–Kier alpha value is -3.02. The largest absolute Gasteiger partial charge is 0.463 e. The van der Waals surface area contributed by atoms with Crippen LogP contribution in [0.4, 0.5) is 32.0 Å². The summed E-state index contributed by atoms with van der Waals surface area (Å²) in [5, 5.41) is 1.92. The second-order valence-electron chi connectivity index (χ2n) is 5.81. The fourth-order valence-electron chi connectivity index (χ4n) is 2.29. The van der Waals surface area contributed by atoms with Crippen molar-refractivity contribution in [2.45, 2.75) is 17.5 Å². The second-order valence-corrected chi connectivity index (χ2v) is 6.75. The molecule has 0 aliphatic rings. The first-order valence-electron chi connectivity index (χ1n) is 8.12. The molecule has 0 fully saturated rings. The first kappa shape index (κ1) is 21.7. The Balaban J connectivity index is 1.74. The van der Waals surface area contributed by atoms with Gasteiger partial charge in [0.15, 0.2) is 10.9 Å². The summed E-state index contributed by atoms with van der Waals surface area (Å²) in [6, 6.07) is 7.57. The van der Waals surface area contributed by atoms with Crippen LogP contribution in [0.1, 0.15) is 11.3 Å². The first-order valence-corrected chi connectivity index (χ1v) is 9.11. The number of hydrogen-bond acceptors (Lipinski definition) is 5. The molecule has 1 N–H and O–H groups in total. The van der Waals surface area contributed by atoms with Crippen molar-refractivity contribution in [3.63, 3.8) is 0 Å². The summed E-state index contributed by atoms with van der Waals surface area (Å²) in [6.07, 6.45) is -8.07. The molecular formula is C18H11F6N3O2S. The molecule has 158 valence electrons. The number of halogens is 6. The number of thioether (sulfide) groups is 1. The Labute approximate surface area is 169 Å². The molecule has 3 aromatic rings. The van der Waals surface area contributed by atoms with Crippen LogP contribution >= 0.6 is 11.8 Å². The summed E-state index contributed by atoms with van der Waals surface area (Å²) in [5.41, 5.74) is -2.39. The molecule has 0 unspecified atom stereocenters. The Morgan fingerprint density at radius 3 is 2.40 bits per heavy atom. The van der Waals surface area contributed by atoms with Gasteiger partial charge in [0.2, 0.25) is 5.91 Å². The maximum absolute atomic E-state index is 13.1. The Morgan fingerprint density at radius 1 is 1.00 bits per heavy atom. The van der Waals surface area contributed by atoms with Crippen molar-refractivity contribution in [1.29, 1.82) is 0 Å². The van der Waals surface area contributed by atoms with Crippen LogP contribution in [0.3, 0.4) is 0 Å². The van der Waals surface area contributed by atoms with Crippen molar-refractivity contribution in [3.8, 4) is 11.5 Å². The lowest BCUT2D eigenvalue weighted by Gasteiger charge is -2.11. The highest BCUT2D eigenvalue weighted by Crippen LogP contribution is 2.33. The van der Waals surface area contributed by atoms with E-state index in [2.05, 4.69) is 15.3 Å². The van der Waals surface area contributed by atoms with E-state index in [1.807, 2.05) is 0 Å². The molecule has 1 amide bonds. The number of amides is 1. The van der Waals surface area contributed by atoms with E-state index in [1.165, 1.54) is 24.5 Å². The van der Waals surface area contributed by atoms with Crippen molar-refractivity contribution in [2.24, 2.45) is 0 Å². The number of carbonyl (C=O) groups is 1. The number of anilines is 1. The van der Waals surface area contributed by atoms with Crippen molar-refractivity contribution >= 4 is 23.4 Å². The van der Waals surface area contributed by atoms with Gasteiger partial charge in [-0.15, -0.1) is 0 Å². The van der Waals surface area contributed by atoms with Gasteiger partial charge < -0.3 is 9.73 Å². The van der Waals surface area contributed by atoms with Gasteiger partial charge in [-0.3, -0.25) is 4.79 Å². The average molecular weight is 447 g/mol. The molecular weight excluding hydrogens is 436 g/mol. The van der Waals surface area contributed by atoms with Gasteiger partial charge in [-0.25, -0.2) is 9.97 Å². The fraction of sp³-hybridized carbons (Fsp3) is 0.167. The molecule has 30 heavy (non-hydrogen) atoms. The molecule has 0 spiro atoms. The van der Waals surface area contributed by atoms with Gasteiger partial charge in [0.1, 0.15) is 11.4 Å². The highest BCUT2D eigenvalue weighted by Gasteiger charge is 2.34. The van der Waals surface area contributed by atoms with Crippen LogP contribution < -0.4 is 5.32 Å². The van der Waals surface area contributed by atoms with E-state index in [0.29, 0.717) is 17.8 Å². The molecule has 0 atom stereocenters. The van der Waals surface area contributed by atoms with E-state index in [0.717, 1.165) is 18.2 Å². The number of nitrogens with one attached hydrogen (secondary N) is 1. The van der Waals surface area contributed by atoms with Gasteiger partial charge in [-0.1, -0.05) is 17.8 Å². The predicted octanol–water partition coefficient (Wildman–Crippen LogP) is 5.51. The number of carbonyl (C=O) groups excluding carboxylic acids is 1. The molecule has 12 heteroatoms. The summed E-state index contributed by atoms with van der Waals surface area (Å²) in [5.74, 6) is -1.08. The number of benzene rings is 1. The monoisotopic (exact) mass is 447 g/mol. The standard InChI is InChI=1S/C18H11F6N3O2S/c19-17(20,21)10-3-1-4-11(7-10)25-15(28)9-30-16-26-12(13-5-2-6-29-13)8-14(27-16)18(22,23)24/h1-8H,9H2,(H,25,28). The zero-order valence-corrected chi connectivity index (χ0v) is 15.5. The quantitative estimate of drug-likeness (QED) is 0.318. The van der Waals surface area contributed by atoms with E-state index in [9.17, 15) is 31.1 Å². The third-order valence-electron chi connectivity index (χ3n) is 3.58. The molecule has 0 radical (unpaired) electrons. The number of nitrogens with zero attached hydrogens (tertiary/aromatic N) is 2. The zero-order valence-electron chi connectivity index (χ0n) is 14.7. The molecule has 2 heterocycles. The molecule has 1 aromatic carbocycles. The van der Waals surface area contributed by atoms with Crippen LogP contribution in [-0.2, 0) is 17.1 Å². The first-order chi connectivity index (χ1) is 14.0. The Kier molecular flexibility index (Phi) is 6.06. The lowest BCUT2D eigenvalue weighted by Crippen LogP contribution is -2.16. The van der Waals surface area contributed by atoms with Gasteiger partial charge >= 0.3 is 12.4 Å². The summed E-state index contributed by atoms with van der Waals surface area (Å²) in [4.78, 5) is 19.4. The average Bonchev–Trinajstić information content (AvgIpc) is 3.20. The van der Waals surface area contributed by atoms with Crippen LogP contribution in [0.25, 0.3) is 11.5 Å². The molecule has 3 rings (SSSR count). The minimum Gasteiger partial charge on any atom is -0.463 e. The van der Waals surface area contributed by atoms with Crippen LogP contribution in [0.15, 0.2) is 58.3 Å². The van der Waals surface area contributed by atoms with Crippen LogP contribution in [-0.4, -0.2) is 21.6 Å². The van der Waals surface area contributed by atoms with Gasteiger partial charge in [0.25, 0.3) is 0 Å². The summed E-state index contributed by atoms with van der Waals surface area (Å²) >= 11 is 0.601. The summed E-state index contributed by atoms with van der Waals surface area (Å²) in [7, 11) is 0. The molecule has 0 aliphatic carbocycles. The zero-order chi connectivity index (χ0) is 21.9. The smallest absolute Gasteiger partial charge is 0.433 e. The van der Waals surface area contributed by atoms with Gasteiger partial charge in [-0.2, -0.15) is 26.3 Å². The SMILES string of the molecule is O=C(CSc1nc(-c2ccco2)cc(C(F)(F)F)n1)Nc1cccc(C(F)(F)F)c1. The van der Waals surface area contributed by atoms with Crippen molar-refractivity contribution in [3.05, 3.63) is 60.0 Å². The van der Waals surface area contributed by atoms with E-state index in [4.69, 9.17) is 4.42 Å². The van der Waals surface area contributed by atoms with E-state index >= 15 is 0 Å². The lowest BCUT2D eigenvalue weighted by molar-refractivity contribution is -0.141. The molecule has 0 bridgehead atoms. The van der Waals surface area contributed by atoms with Gasteiger partial charge in [0, 0.05) is 5.69 Å². The number of furan rings is 1. The molecule has 5 nitrogen and oxygen atoms in total. The Bertz CT molecular complexity index is 1040.